The standard InChI is InChI=1S/C29H26ClN3O6/c1-4-38-25-14-19(9-11-24(25)39-16-26(34)31-21-7-5-6-17(2)12-21)13-22-27(35)32-29(37)33(28(22)36)23-15-20(30)10-8-18(23)3/h5-15H,4,16H2,1-3H3,(H,31,34)(H,32,35,37)/b22-13+. The molecule has 0 unspecified atom stereocenters. The van der Waals surface area contributed by atoms with Crippen LogP contribution in [0.25, 0.3) is 6.08 Å². The van der Waals surface area contributed by atoms with Gasteiger partial charge in [-0.1, -0.05) is 35.9 Å². The molecule has 3 aromatic carbocycles. The van der Waals surface area contributed by atoms with Crippen LogP contribution >= 0.6 is 11.6 Å². The second-order valence-electron chi connectivity index (χ2n) is 8.73. The van der Waals surface area contributed by atoms with Crippen LogP contribution in [0.2, 0.25) is 5.02 Å². The summed E-state index contributed by atoms with van der Waals surface area (Å²) in [6, 6.07) is 16.1. The highest BCUT2D eigenvalue weighted by Gasteiger charge is 2.37. The first-order valence-corrected chi connectivity index (χ1v) is 12.5. The minimum absolute atomic E-state index is 0.248. The quantitative estimate of drug-likeness (QED) is 0.302. The Balaban J connectivity index is 1.55. The van der Waals surface area contributed by atoms with E-state index >= 15 is 0 Å². The Bertz CT molecular complexity index is 1500. The highest BCUT2D eigenvalue weighted by atomic mass is 35.5. The molecule has 1 heterocycles. The molecule has 5 amide bonds. The van der Waals surface area contributed by atoms with Crippen molar-refractivity contribution >= 4 is 52.8 Å². The molecule has 2 N–H and O–H groups in total. The van der Waals surface area contributed by atoms with Crippen molar-refractivity contribution in [1.82, 2.24) is 5.32 Å². The first-order valence-electron chi connectivity index (χ1n) is 12.1. The molecule has 0 saturated carbocycles. The van der Waals surface area contributed by atoms with Crippen molar-refractivity contribution in [2.75, 3.05) is 23.4 Å². The molecule has 0 radical (unpaired) electrons. The zero-order chi connectivity index (χ0) is 28.1. The molecule has 1 aliphatic rings. The molecule has 0 aliphatic carbocycles. The Kier molecular flexibility index (Phi) is 8.31. The van der Waals surface area contributed by atoms with Crippen molar-refractivity contribution < 1.29 is 28.7 Å². The number of barbiturate groups is 1. The Labute approximate surface area is 230 Å². The van der Waals surface area contributed by atoms with Crippen LogP contribution in [0.4, 0.5) is 16.2 Å². The SMILES string of the molecule is CCOc1cc(/C=C2\C(=O)NC(=O)N(c3cc(Cl)ccc3C)C2=O)ccc1OCC(=O)Nc1cccc(C)c1. The van der Waals surface area contributed by atoms with Crippen molar-refractivity contribution in [2.24, 2.45) is 0 Å². The summed E-state index contributed by atoms with van der Waals surface area (Å²) in [7, 11) is 0. The Morgan fingerprint density at radius 2 is 1.79 bits per heavy atom. The second-order valence-corrected chi connectivity index (χ2v) is 9.17. The van der Waals surface area contributed by atoms with Gasteiger partial charge in [-0.15, -0.1) is 0 Å². The van der Waals surface area contributed by atoms with Crippen molar-refractivity contribution in [2.45, 2.75) is 20.8 Å². The van der Waals surface area contributed by atoms with Crippen LogP contribution in [-0.4, -0.2) is 37.0 Å². The van der Waals surface area contributed by atoms with Crippen LogP contribution in [-0.2, 0) is 14.4 Å². The third-order valence-corrected chi connectivity index (χ3v) is 5.99. The van der Waals surface area contributed by atoms with Crippen molar-refractivity contribution in [3.8, 4) is 11.5 Å². The number of nitrogens with zero attached hydrogens (tertiary/aromatic N) is 1. The smallest absolute Gasteiger partial charge is 0.335 e. The number of urea groups is 1. The van der Waals surface area contributed by atoms with Crippen molar-refractivity contribution in [3.05, 3.63) is 87.9 Å². The predicted molar refractivity (Wildman–Crippen MR) is 148 cm³/mol. The number of hydrogen-bond acceptors (Lipinski definition) is 6. The van der Waals surface area contributed by atoms with E-state index in [-0.39, 0.29) is 23.8 Å². The van der Waals surface area contributed by atoms with Crippen LogP contribution in [0.15, 0.2) is 66.2 Å². The number of anilines is 2. The minimum Gasteiger partial charge on any atom is -0.490 e. The summed E-state index contributed by atoms with van der Waals surface area (Å²) < 4.78 is 11.4. The lowest BCUT2D eigenvalue weighted by Gasteiger charge is -2.27. The summed E-state index contributed by atoms with van der Waals surface area (Å²) in [5.74, 6) is -1.34. The van der Waals surface area contributed by atoms with Gasteiger partial charge in [0.2, 0.25) is 0 Å². The van der Waals surface area contributed by atoms with Crippen LogP contribution in [0.1, 0.15) is 23.6 Å². The zero-order valence-electron chi connectivity index (χ0n) is 21.5. The first kappa shape index (κ1) is 27.4. The molecule has 4 rings (SSSR count). The van der Waals surface area contributed by atoms with Crippen LogP contribution in [0.5, 0.6) is 11.5 Å². The maximum absolute atomic E-state index is 13.3. The molecule has 0 atom stereocenters. The van der Waals surface area contributed by atoms with E-state index in [2.05, 4.69) is 10.6 Å². The molecule has 1 fully saturated rings. The van der Waals surface area contributed by atoms with E-state index in [0.29, 0.717) is 39.9 Å². The van der Waals surface area contributed by atoms with Gasteiger partial charge in [-0.05, 0) is 79.9 Å². The fraction of sp³-hybridized carbons (Fsp3) is 0.172. The lowest BCUT2D eigenvalue weighted by atomic mass is 10.1. The Morgan fingerprint density at radius 1 is 1.00 bits per heavy atom. The molecule has 0 spiro atoms. The van der Waals surface area contributed by atoms with Crippen LogP contribution in [0, 0.1) is 13.8 Å². The highest BCUT2D eigenvalue weighted by Crippen LogP contribution is 2.31. The van der Waals surface area contributed by atoms with Crippen LogP contribution in [0.3, 0.4) is 0 Å². The average Bonchev–Trinajstić information content (AvgIpc) is 2.88. The molecule has 0 bridgehead atoms. The van der Waals surface area contributed by atoms with Gasteiger partial charge in [0.1, 0.15) is 5.57 Å². The number of aryl methyl sites for hydroxylation is 2. The molecular formula is C29H26ClN3O6. The summed E-state index contributed by atoms with van der Waals surface area (Å²) >= 11 is 6.08. The molecule has 1 saturated heterocycles. The summed E-state index contributed by atoms with van der Waals surface area (Å²) in [5.41, 5.74) is 2.77. The molecule has 200 valence electrons. The van der Waals surface area contributed by atoms with E-state index in [0.717, 1.165) is 10.5 Å². The number of halogens is 1. The topological polar surface area (TPSA) is 114 Å². The molecule has 3 aromatic rings. The number of carbonyl (C=O) groups is 4. The maximum atomic E-state index is 13.3. The normalized spacial score (nSPS) is 14.3. The lowest BCUT2D eigenvalue weighted by Crippen LogP contribution is -2.54. The van der Waals surface area contributed by atoms with E-state index in [4.69, 9.17) is 21.1 Å². The number of rotatable bonds is 8. The molecule has 10 heteroatoms. The first-order chi connectivity index (χ1) is 18.7. The van der Waals surface area contributed by atoms with Gasteiger partial charge in [0.15, 0.2) is 18.1 Å². The van der Waals surface area contributed by atoms with Gasteiger partial charge in [0.25, 0.3) is 17.7 Å². The molecule has 1 aliphatic heterocycles. The number of carbonyl (C=O) groups excluding carboxylic acids is 4. The van der Waals surface area contributed by atoms with Gasteiger partial charge in [-0.3, -0.25) is 19.7 Å². The van der Waals surface area contributed by atoms with E-state index in [1.807, 2.05) is 25.1 Å². The monoisotopic (exact) mass is 547 g/mol. The van der Waals surface area contributed by atoms with Gasteiger partial charge >= 0.3 is 6.03 Å². The lowest BCUT2D eigenvalue weighted by molar-refractivity contribution is -0.122. The number of amides is 5. The number of hydrogen-bond donors (Lipinski definition) is 2. The second kappa shape index (κ2) is 11.8. The van der Waals surface area contributed by atoms with Gasteiger partial charge in [0, 0.05) is 10.7 Å². The van der Waals surface area contributed by atoms with Gasteiger partial charge < -0.3 is 14.8 Å². The van der Waals surface area contributed by atoms with E-state index in [1.54, 1.807) is 50.2 Å². The molecule has 39 heavy (non-hydrogen) atoms. The number of ether oxygens (including phenoxy) is 2. The fourth-order valence-electron chi connectivity index (χ4n) is 3.93. The predicted octanol–water partition coefficient (Wildman–Crippen LogP) is 5.04. The van der Waals surface area contributed by atoms with E-state index in [1.165, 1.54) is 12.1 Å². The highest BCUT2D eigenvalue weighted by molar-refractivity contribution is 6.39. The molecule has 0 aromatic heterocycles. The summed E-state index contributed by atoms with van der Waals surface area (Å²) in [6.07, 6.45) is 1.35. The fourth-order valence-corrected chi connectivity index (χ4v) is 4.10. The molecule has 9 nitrogen and oxygen atoms in total. The number of imide groups is 2. The molecular weight excluding hydrogens is 522 g/mol. The Morgan fingerprint density at radius 3 is 2.54 bits per heavy atom. The van der Waals surface area contributed by atoms with Gasteiger partial charge in [-0.25, -0.2) is 9.69 Å². The zero-order valence-corrected chi connectivity index (χ0v) is 22.3. The maximum Gasteiger partial charge on any atom is 0.335 e. The minimum atomic E-state index is -0.866. The Hall–Kier alpha value is -4.63. The average molecular weight is 548 g/mol. The van der Waals surface area contributed by atoms with Crippen molar-refractivity contribution in [3.63, 3.8) is 0 Å². The summed E-state index contributed by atoms with van der Waals surface area (Å²) in [6.45, 7) is 5.48. The third-order valence-electron chi connectivity index (χ3n) is 5.75. The largest absolute Gasteiger partial charge is 0.490 e. The van der Waals surface area contributed by atoms with E-state index < -0.39 is 17.8 Å². The number of nitrogens with one attached hydrogen (secondary N) is 2. The number of benzene rings is 3. The van der Waals surface area contributed by atoms with Gasteiger partial charge in [-0.2, -0.15) is 0 Å². The van der Waals surface area contributed by atoms with Gasteiger partial charge in [0.05, 0.1) is 12.3 Å². The summed E-state index contributed by atoms with van der Waals surface area (Å²) in [5, 5.41) is 5.31. The van der Waals surface area contributed by atoms with E-state index in [9.17, 15) is 19.2 Å². The van der Waals surface area contributed by atoms with Crippen molar-refractivity contribution in [1.29, 1.82) is 0 Å². The van der Waals surface area contributed by atoms with Crippen LogP contribution < -0.4 is 25.0 Å². The summed E-state index contributed by atoms with van der Waals surface area (Å²) in [4.78, 5) is 51.7. The third kappa shape index (κ3) is 6.45.